The van der Waals surface area contributed by atoms with Crippen molar-refractivity contribution in [1.29, 1.82) is 0 Å². The topological polar surface area (TPSA) is 104 Å². The standard InChI is InChI=1S/C25H22F8N2O5S/c26-16-3-5-17(6-4-16)41(39,40)22-9-10-35(13-20(36)34-12-21(37)38)19(22)8-1-14-11-15(2-7-18(14)22)23(27,24(28,29)30)25(31,32)33/h2-7,11,19H,1,8-10,12-13H2,(H,34,36)(H,37,38)/t19-,22-/m0/s1. The van der Waals surface area contributed by atoms with Crippen LogP contribution in [0.3, 0.4) is 0 Å². The Bertz CT molecular complexity index is 1450. The van der Waals surface area contributed by atoms with Crippen molar-refractivity contribution >= 4 is 21.7 Å². The largest absolute Gasteiger partial charge is 0.480 e. The van der Waals surface area contributed by atoms with E-state index in [-0.39, 0.29) is 47.9 Å². The van der Waals surface area contributed by atoms with Crippen molar-refractivity contribution in [2.75, 3.05) is 19.6 Å². The molecule has 1 aliphatic carbocycles. The number of halogens is 8. The number of carboxylic acid groups (broad SMARTS) is 1. The average molecular weight is 615 g/mol. The van der Waals surface area contributed by atoms with Crippen LogP contribution >= 0.6 is 0 Å². The Balaban J connectivity index is 1.87. The number of benzene rings is 2. The van der Waals surface area contributed by atoms with Gasteiger partial charge in [0.25, 0.3) is 0 Å². The quantitative estimate of drug-likeness (QED) is 0.361. The molecule has 1 heterocycles. The van der Waals surface area contributed by atoms with Crippen LogP contribution < -0.4 is 5.32 Å². The summed E-state index contributed by atoms with van der Waals surface area (Å²) in [6.45, 7) is -1.25. The summed E-state index contributed by atoms with van der Waals surface area (Å²) >= 11 is 0. The van der Waals surface area contributed by atoms with Crippen molar-refractivity contribution in [3.05, 3.63) is 65.0 Å². The van der Waals surface area contributed by atoms with Gasteiger partial charge in [0.05, 0.1) is 11.4 Å². The van der Waals surface area contributed by atoms with E-state index in [4.69, 9.17) is 5.11 Å². The molecule has 0 unspecified atom stereocenters. The number of carbonyl (C=O) groups is 2. The monoisotopic (exact) mass is 614 g/mol. The van der Waals surface area contributed by atoms with E-state index in [2.05, 4.69) is 5.32 Å². The summed E-state index contributed by atoms with van der Waals surface area (Å²) in [5.41, 5.74) is -7.90. The Morgan fingerprint density at radius 1 is 1.00 bits per heavy atom. The smallest absolute Gasteiger partial charge is 0.435 e. The maximum Gasteiger partial charge on any atom is 0.435 e. The summed E-state index contributed by atoms with van der Waals surface area (Å²) in [5, 5.41) is 10.9. The molecule has 0 saturated carbocycles. The zero-order valence-electron chi connectivity index (χ0n) is 20.8. The fourth-order valence-electron chi connectivity index (χ4n) is 5.75. The van der Waals surface area contributed by atoms with Crippen LogP contribution in [0.1, 0.15) is 29.5 Å². The van der Waals surface area contributed by atoms with Gasteiger partial charge < -0.3 is 10.4 Å². The molecule has 0 spiro atoms. The maximum absolute atomic E-state index is 14.8. The fourth-order valence-corrected chi connectivity index (χ4v) is 8.14. The summed E-state index contributed by atoms with van der Waals surface area (Å²) in [4.78, 5) is 24.2. The number of hydrogen-bond acceptors (Lipinski definition) is 5. The minimum atomic E-state index is -6.37. The van der Waals surface area contributed by atoms with Crippen LogP contribution in [0.25, 0.3) is 0 Å². The normalized spacial score (nSPS) is 21.7. The van der Waals surface area contributed by atoms with E-state index in [1.165, 1.54) is 4.90 Å². The molecule has 4 rings (SSSR count). The highest BCUT2D eigenvalue weighted by Crippen LogP contribution is 2.56. The number of rotatable bonds is 7. The molecular weight excluding hydrogens is 592 g/mol. The van der Waals surface area contributed by atoms with Gasteiger partial charge in [0.15, 0.2) is 9.84 Å². The molecule has 0 radical (unpaired) electrons. The van der Waals surface area contributed by atoms with Gasteiger partial charge >= 0.3 is 24.0 Å². The van der Waals surface area contributed by atoms with Crippen LogP contribution in [-0.2, 0) is 36.3 Å². The number of carbonyl (C=O) groups excluding carboxylic acids is 1. The second-order valence-corrected chi connectivity index (χ2v) is 12.0. The van der Waals surface area contributed by atoms with Crippen LogP contribution in [0, 0.1) is 5.82 Å². The minimum Gasteiger partial charge on any atom is -0.480 e. The first-order chi connectivity index (χ1) is 18.9. The van der Waals surface area contributed by atoms with Crippen LogP contribution in [0.4, 0.5) is 35.1 Å². The SMILES string of the molecule is O=C(O)CNC(=O)CN1CC[C@]2(S(=O)(=O)c3ccc(F)cc3)c3ccc(C(F)(C(F)(F)F)C(F)(F)F)cc3CC[C@H]12. The number of fused-ring (bicyclic) bond motifs is 3. The van der Waals surface area contributed by atoms with Gasteiger partial charge in [-0.15, -0.1) is 0 Å². The van der Waals surface area contributed by atoms with E-state index in [1.807, 2.05) is 0 Å². The Hall–Kier alpha value is -3.27. The lowest BCUT2D eigenvalue weighted by Crippen LogP contribution is -2.53. The first-order valence-electron chi connectivity index (χ1n) is 12.1. The number of hydrogen-bond donors (Lipinski definition) is 2. The van der Waals surface area contributed by atoms with Crippen molar-refractivity contribution in [3.8, 4) is 0 Å². The number of aliphatic carboxylic acids is 1. The summed E-state index contributed by atoms with van der Waals surface area (Å²) in [6, 6.07) is 3.97. The van der Waals surface area contributed by atoms with Gasteiger partial charge in [0.2, 0.25) is 5.91 Å². The third-order valence-electron chi connectivity index (χ3n) is 7.56. The second kappa shape index (κ2) is 10.2. The Morgan fingerprint density at radius 2 is 1.61 bits per heavy atom. The van der Waals surface area contributed by atoms with E-state index in [1.54, 1.807) is 0 Å². The van der Waals surface area contributed by atoms with Crippen LogP contribution in [0.2, 0.25) is 0 Å². The molecule has 7 nitrogen and oxygen atoms in total. The second-order valence-electron chi connectivity index (χ2n) is 9.82. The van der Waals surface area contributed by atoms with Crippen molar-refractivity contribution in [1.82, 2.24) is 10.2 Å². The summed E-state index contributed by atoms with van der Waals surface area (Å²) in [7, 11) is -4.56. The number of aryl methyl sites for hydroxylation is 1. The average Bonchev–Trinajstić information content (AvgIpc) is 3.25. The highest BCUT2D eigenvalue weighted by molar-refractivity contribution is 7.92. The molecule has 41 heavy (non-hydrogen) atoms. The number of nitrogens with zero attached hydrogens (tertiary/aromatic N) is 1. The predicted molar refractivity (Wildman–Crippen MR) is 126 cm³/mol. The van der Waals surface area contributed by atoms with Crippen molar-refractivity contribution in [2.45, 2.75) is 53.0 Å². The Labute approximate surface area is 228 Å². The van der Waals surface area contributed by atoms with Gasteiger partial charge in [-0.1, -0.05) is 18.2 Å². The Morgan fingerprint density at radius 3 is 2.17 bits per heavy atom. The van der Waals surface area contributed by atoms with E-state index >= 15 is 0 Å². The summed E-state index contributed by atoms with van der Waals surface area (Å²) in [5.74, 6) is -2.87. The number of likely N-dealkylation sites (tertiary alicyclic amines) is 1. The number of sulfone groups is 1. The maximum atomic E-state index is 14.8. The molecule has 2 N–H and O–H groups in total. The van der Waals surface area contributed by atoms with E-state index < -0.39 is 75.0 Å². The van der Waals surface area contributed by atoms with E-state index in [0.29, 0.717) is 6.07 Å². The molecule has 16 heteroatoms. The first-order valence-corrected chi connectivity index (χ1v) is 13.5. The highest BCUT2D eigenvalue weighted by Gasteiger charge is 2.73. The summed E-state index contributed by atoms with van der Waals surface area (Å²) in [6.07, 6.45) is -13.4. The van der Waals surface area contributed by atoms with Crippen LogP contribution in [0.5, 0.6) is 0 Å². The fraction of sp³-hybridized carbons (Fsp3) is 0.440. The molecular formula is C25H22F8N2O5S. The predicted octanol–water partition coefficient (Wildman–Crippen LogP) is 4.01. The molecule has 0 bridgehead atoms. The first kappa shape index (κ1) is 30.7. The zero-order chi connectivity index (χ0) is 30.6. The van der Waals surface area contributed by atoms with Crippen molar-refractivity contribution < 1.29 is 58.2 Å². The molecule has 1 fully saturated rings. The summed E-state index contributed by atoms with van der Waals surface area (Å²) < 4.78 is 135. The van der Waals surface area contributed by atoms with Gasteiger partial charge in [-0.25, -0.2) is 17.2 Å². The van der Waals surface area contributed by atoms with E-state index in [0.717, 1.165) is 30.3 Å². The lowest BCUT2D eigenvalue weighted by molar-refractivity contribution is -0.348. The molecule has 224 valence electrons. The molecule has 2 aromatic rings. The molecule has 2 atom stereocenters. The molecule has 1 saturated heterocycles. The number of alkyl halides is 7. The van der Waals surface area contributed by atoms with E-state index in [9.17, 15) is 53.1 Å². The molecule has 1 aliphatic heterocycles. The minimum absolute atomic E-state index is 0.0784. The van der Waals surface area contributed by atoms with Gasteiger partial charge in [0.1, 0.15) is 17.1 Å². The number of carboxylic acids is 1. The number of amides is 1. The zero-order valence-corrected chi connectivity index (χ0v) is 21.6. The number of nitrogens with one attached hydrogen (secondary N) is 1. The highest BCUT2D eigenvalue weighted by atomic mass is 32.2. The van der Waals surface area contributed by atoms with Crippen molar-refractivity contribution in [2.24, 2.45) is 0 Å². The molecule has 1 amide bonds. The van der Waals surface area contributed by atoms with Gasteiger partial charge in [0, 0.05) is 18.2 Å². The molecule has 0 aromatic heterocycles. The van der Waals surface area contributed by atoms with Gasteiger partial charge in [-0.3, -0.25) is 14.5 Å². The van der Waals surface area contributed by atoms with Gasteiger partial charge in [-0.2, -0.15) is 26.3 Å². The Kier molecular flexibility index (Phi) is 7.65. The molecule has 2 aliphatic rings. The van der Waals surface area contributed by atoms with Crippen molar-refractivity contribution in [3.63, 3.8) is 0 Å². The molecule has 2 aromatic carbocycles. The van der Waals surface area contributed by atoms with Gasteiger partial charge in [-0.05, 0) is 54.7 Å². The van der Waals surface area contributed by atoms with Crippen LogP contribution in [-0.4, -0.2) is 68.3 Å². The van der Waals surface area contributed by atoms with Crippen LogP contribution in [0.15, 0.2) is 47.4 Å². The lowest BCUT2D eigenvalue weighted by Gasteiger charge is -2.43. The third kappa shape index (κ3) is 4.94. The lowest BCUT2D eigenvalue weighted by atomic mass is 9.77. The third-order valence-corrected chi connectivity index (χ3v) is 10.1.